The fraction of sp³-hybridized carbons (Fsp3) is 0.0500. The molecule has 3 rings (SSSR count). The van der Waals surface area contributed by atoms with Crippen LogP contribution >= 0.6 is 11.8 Å². The van der Waals surface area contributed by atoms with E-state index >= 15 is 0 Å². The zero-order valence-corrected chi connectivity index (χ0v) is 13.7. The average Bonchev–Trinajstić information content (AvgIpc) is 2.62. The van der Waals surface area contributed by atoms with Gasteiger partial charge < -0.3 is 5.73 Å². The summed E-state index contributed by atoms with van der Waals surface area (Å²) in [6, 6.07) is 23.9. The van der Waals surface area contributed by atoms with Gasteiger partial charge in [-0.1, -0.05) is 54.6 Å². The lowest BCUT2D eigenvalue weighted by molar-refractivity contribution is -0.117. The van der Waals surface area contributed by atoms with Crippen molar-refractivity contribution in [1.82, 2.24) is 0 Å². The van der Waals surface area contributed by atoms with E-state index in [-0.39, 0.29) is 5.82 Å². The van der Waals surface area contributed by atoms with Crippen LogP contribution in [0.4, 0.5) is 4.39 Å². The molecule has 1 unspecified atom stereocenters. The van der Waals surface area contributed by atoms with Crippen LogP contribution < -0.4 is 5.73 Å². The van der Waals surface area contributed by atoms with Crippen LogP contribution in [0.3, 0.4) is 0 Å². The fourth-order valence-electron chi connectivity index (χ4n) is 2.42. The van der Waals surface area contributed by atoms with Gasteiger partial charge in [-0.2, -0.15) is 0 Å². The molecule has 120 valence electrons. The minimum Gasteiger partial charge on any atom is -0.368 e. The fourth-order valence-corrected chi connectivity index (χ4v) is 3.40. The van der Waals surface area contributed by atoms with E-state index in [1.165, 1.54) is 23.9 Å². The molecule has 1 amide bonds. The summed E-state index contributed by atoms with van der Waals surface area (Å²) >= 11 is 1.36. The monoisotopic (exact) mass is 337 g/mol. The molecular formula is C20H16FNOS. The lowest BCUT2D eigenvalue weighted by atomic mass is 10.1. The molecule has 1 atom stereocenters. The maximum Gasteiger partial charge on any atom is 0.235 e. The molecule has 3 aromatic rings. The van der Waals surface area contributed by atoms with Gasteiger partial charge in [0, 0.05) is 4.90 Å². The van der Waals surface area contributed by atoms with Gasteiger partial charge in [-0.3, -0.25) is 4.79 Å². The van der Waals surface area contributed by atoms with Gasteiger partial charge in [-0.15, -0.1) is 11.8 Å². The van der Waals surface area contributed by atoms with Crippen molar-refractivity contribution in [2.45, 2.75) is 10.1 Å². The highest BCUT2D eigenvalue weighted by molar-refractivity contribution is 8.00. The first-order chi connectivity index (χ1) is 11.6. The number of thioether (sulfide) groups is 1. The lowest BCUT2D eigenvalue weighted by Crippen LogP contribution is -2.18. The molecule has 2 nitrogen and oxygen atoms in total. The van der Waals surface area contributed by atoms with Crippen LogP contribution in [0, 0.1) is 5.82 Å². The van der Waals surface area contributed by atoms with Crippen molar-refractivity contribution in [3.8, 4) is 11.1 Å². The summed E-state index contributed by atoms with van der Waals surface area (Å²) in [6.45, 7) is 0. The van der Waals surface area contributed by atoms with Crippen LogP contribution in [-0.4, -0.2) is 5.91 Å². The number of nitrogens with two attached hydrogens (primary N) is 1. The Morgan fingerprint density at radius 1 is 0.833 bits per heavy atom. The highest BCUT2D eigenvalue weighted by Gasteiger charge is 2.19. The molecule has 24 heavy (non-hydrogen) atoms. The Balaban J connectivity index is 1.80. The molecule has 0 saturated heterocycles. The second-order valence-corrected chi connectivity index (χ2v) is 6.52. The molecular weight excluding hydrogens is 321 g/mol. The van der Waals surface area contributed by atoms with Crippen LogP contribution in [-0.2, 0) is 4.79 Å². The second kappa shape index (κ2) is 7.32. The number of halogens is 1. The van der Waals surface area contributed by atoms with E-state index in [9.17, 15) is 9.18 Å². The molecule has 4 heteroatoms. The van der Waals surface area contributed by atoms with E-state index in [0.717, 1.165) is 16.0 Å². The number of hydrogen-bond donors (Lipinski definition) is 1. The predicted molar refractivity (Wildman–Crippen MR) is 96.1 cm³/mol. The molecule has 0 aliphatic heterocycles. The van der Waals surface area contributed by atoms with Crippen LogP contribution in [0.15, 0.2) is 83.8 Å². The summed E-state index contributed by atoms with van der Waals surface area (Å²) in [5, 5.41) is -0.548. The van der Waals surface area contributed by atoms with Gasteiger partial charge in [-0.05, 0) is 41.0 Å². The number of carbonyl (C=O) groups is 1. The summed E-state index contributed by atoms with van der Waals surface area (Å²) < 4.78 is 13.1. The minimum atomic E-state index is -0.548. The van der Waals surface area contributed by atoms with Crippen molar-refractivity contribution in [2.75, 3.05) is 0 Å². The van der Waals surface area contributed by atoms with E-state index in [1.54, 1.807) is 12.1 Å². The topological polar surface area (TPSA) is 43.1 Å². The molecule has 0 saturated carbocycles. The molecule has 0 aliphatic rings. The third-order valence-electron chi connectivity index (χ3n) is 3.65. The maximum atomic E-state index is 13.1. The standard InChI is InChI=1S/C20H16FNOS/c21-17-10-6-16(7-11-17)19(20(22)23)24-18-12-8-15(9-13-18)14-4-2-1-3-5-14/h1-13,19H,(H2,22,23). The summed E-state index contributed by atoms with van der Waals surface area (Å²) in [7, 11) is 0. The van der Waals surface area contributed by atoms with Gasteiger partial charge in [-0.25, -0.2) is 4.39 Å². The van der Waals surface area contributed by atoms with Crippen molar-refractivity contribution >= 4 is 17.7 Å². The molecule has 3 aromatic carbocycles. The smallest absolute Gasteiger partial charge is 0.235 e. The Kier molecular flexibility index (Phi) is 4.96. The lowest BCUT2D eigenvalue weighted by Gasteiger charge is -2.14. The Morgan fingerprint density at radius 3 is 2.00 bits per heavy atom. The Labute approximate surface area is 144 Å². The molecule has 0 bridgehead atoms. The SMILES string of the molecule is NC(=O)C(Sc1ccc(-c2ccccc2)cc1)c1ccc(F)cc1. The molecule has 0 aliphatic carbocycles. The first-order valence-electron chi connectivity index (χ1n) is 7.50. The Morgan fingerprint density at radius 2 is 1.42 bits per heavy atom. The van der Waals surface area contributed by atoms with Crippen LogP contribution in [0.1, 0.15) is 10.8 Å². The Hall–Kier alpha value is -2.59. The van der Waals surface area contributed by atoms with Gasteiger partial charge >= 0.3 is 0 Å². The van der Waals surface area contributed by atoms with Gasteiger partial charge in [0.2, 0.25) is 5.91 Å². The summed E-state index contributed by atoms with van der Waals surface area (Å²) in [5.74, 6) is -0.780. The van der Waals surface area contributed by atoms with Gasteiger partial charge in [0.25, 0.3) is 0 Å². The van der Waals surface area contributed by atoms with E-state index < -0.39 is 11.2 Å². The third-order valence-corrected chi connectivity index (χ3v) is 4.93. The van der Waals surface area contributed by atoms with Crippen molar-refractivity contribution in [2.24, 2.45) is 5.73 Å². The number of rotatable bonds is 5. The first kappa shape index (κ1) is 16.3. The van der Waals surface area contributed by atoms with Crippen molar-refractivity contribution in [1.29, 1.82) is 0 Å². The second-order valence-electron chi connectivity index (χ2n) is 5.34. The summed E-state index contributed by atoms with van der Waals surface area (Å²) in [5.41, 5.74) is 8.46. The first-order valence-corrected chi connectivity index (χ1v) is 8.38. The molecule has 0 fully saturated rings. The Bertz CT molecular complexity index is 817. The zero-order valence-electron chi connectivity index (χ0n) is 12.9. The molecule has 0 aromatic heterocycles. The molecule has 0 spiro atoms. The van der Waals surface area contributed by atoms with E-state index in [0.29, 0.717) is 5.56 Å². The average molecular weight is 337 g/mol. The molecule has 2 N–H and O–H groups in total. The number of benzene rings is 3. The van der Waals surface area contributed by atoms with E-state index in [2.05, 4.69) is 0 Å². The van der Waals surface area contributed by atoms with Gasteiger partial charge in [0.15, 0.2) is 0 Å². The summed E-state index contributed by atoms with van der Waals surface area (Å²) in [6.07, 6.45) is 0. The maximum absolute atomic E-state index is 13.1. The molecule has 0 heterocycles. The zero-order chi connectivity index (χ0) is 16.9. The minimum absolute atomic E-state index is 0.334. The van der Waals surface area contributed by atoms with E-state index in [4.69, 9.17) is 5.73 Å². The van der Waals surface area contributed by atoms with Crippen LogP contribution in [0.2, 0.25) is 0 Å². The van der Waals surface area contributed by atoms with Gasteiger partial charge in [0.05, 0.1) is 0 Å². The largest absolute Gasteiger partial charge is 0.368 e. The molecule has 0 radical (unpaired) electrons. The number of amides is 1. The van der Waals surface area contributed by atoms with Gasteiger partial charge in [0.1, 0.15) is 11.1 Å². The quantitative estimate of drug-likeness (QED) is 0.679. The van der Waals surface area contributed by atoms with Crippen molar-refractivity contribution in [3.63, 3.8) is 0 Å². The van der Waals surface area contributed by atoms with Crippen molar-refractivity contribution < 1.29 is 9.18 Å². The van der Waals surface area contributed by atoms with Crippen molar-refractivity contribution in [3.05, 3.63) is 90.2 Å². The van der Waals surface area contributed by atoms with Crippen LogP contribution in [0.5, 0.6) is 0 Å². The number of carbonyl (C=O) groups excluding carboxylic acids is 1. The predicted octanol–water partition coefficient (Wildman–Crippen LogP) is 4.81. The number of primary amides is 1. The summed E-state index contributed by atoms with van der Waals surface area (Å²) in [4.78, 5) is 12.7. The highest BCUT2D eigenvalue weighted by atomic mass is 32.2. The highest BCUT2D eigenvalue weighted by Crippen LogP contribution is 2.36. The normalized spacial score (nSPS) is 11.9. The van der Waals surface area contributed by atoms with E-state index in [1.807, 2.05) is 54.6 Å². The third kappa shape index (κ3) is 3.84. The number of hydrogen-bond acceptors (Lipinski definition) is 2. The van der Waals surface area contributed by atoms with Crippen LogP contribution in [0.25, 0.3) is 11.1 Å².